The Morgan fingerprint density at radius 3 is 1.28 bits per heavy atom. The highest BCUT2D eigenvalue weighted by Gasteiger charge is 2.15. The lowest BCUT2D eigenvalue weighted by Gasteiger charge is -2.26. The Labute approximate surface area is 317 Å². The summed E-state index contributed by atoms with van der Waals surface area (Å²) in [5.74, 6) is 0. The van der Waals surface area contributed by atoms with Crippen molar-refractivity contribution in [2.45, 2.75) is 0 Å². The molecule has 1 nitrogen and oxygen atoms in total. The van der Waals surface area contributed by atoms with E-state index >= 15 is 0 Å². The van der Waals surface area contributed by atoms with Gasteiger partial charge in [-0.2, -0.15) is 0 Å². The van der Waals surface area contributed by atoms with Crippen molar-refractivity contribution >= 4 is 27.8 Å². The van der Waals surface area contributed by atoms with Gasteiger partial charge in [0.1, 0.15) is 0 Å². The molecule has 0 aliphatic carbocycles. The fourth-order valence-corrected chi connectivity index (χ4v) is 7.00. The highest BCUT2D eigenvalue weighted by atomic mass is 15.1. The van der Waals surface area contributed by atoms with Crippen LogP contribution in [0, 0.1) is 0 Å². The van der Waals surface area contributed by atoms with Gasteiger partial charge in [-0.1, -0.05) is 176 Å². The van der Waals surface area contributed by atoms with E-state index < -0.39 is 0 Å². The number of nitrogens with zero attached hydrogens (tertiary/aromatic N) is 1. The number of hydrogen-bond donors (Lipinski definition) is 0. The molecule has 0 amide bonds. The molecule has 9 aromatic rings. The van der Waals surface area contributed by atoms with E-state index in [0.29, 0.717) is 5.56 Å². The SMILES string of the molecule is [2H]c1c([2H])c(N(c2ccc(-c3ccc(-c4ccccc4)c(-c4ccccc4)c3)cc2)c2ccc(-c3ccc4ccccc4c3)cc2)c([2H])c([2H])c1-c1ccccc1. The molecule has 53 heavy (non-hydrogen) atoms. The lowest BCUT2D eigenvalue weighted by molar-refractivity contribution is 1.28. The maximum absolute atomic E-state index is 9.35. The smallest absolute Gasteiger partial charge is 0.0645 e. The van der Waals surface area contributed by atoms with Crippen LogP contribution in [0.1, 0.15) is 5.48 Å². The normalized spacial score (nSPS) is 12.1. The van der Waals surface area contributed by atoms with E-state index in [9.17, 15) is 2.74 Å². The molecule has 0 unspecified atom stereocenters. The van der Waals surface area contributed by atoms with Gasteiger partial charge in [0.15, 0.2) is 0 Å². The number of anilines is 3. The zero-order valence-electron chi connectivity index (χ0n) is 33.0. The molecule has 0 N–H and O–H groups in total. The van der Waals surface area contributed by atoms with Gasteiger partial charge < -0.3 is 4.90 Å². The number of rotatable bonds is 8. The van der Waals surface area contributed by atoms with Gasteiger partial charge in [0.05, 0.1) is 5.48 Å². The second kappa shape index (κ2) is 14.3. The fourth-order valence-electron chi connectivity index (χ4n) is 7.00. The highest BCUT2D eigenvalue weighted by Crippen LogP contribution is 2.40. The number of fused-ring (bicyclic) bond motifs is 1. The maximum Gasteiger partial charge on any atom is 0.0645 e. The molecule has 0 heterocycles. The fraction of sp³-hybridized carbons (Fsp3) is 0. The predicted octanol–water partition coefficient (Wildman–Crippen LogP) is 14.6. The second-order valence-corrected chi connectivity index (χ2v) is 13.1. The van der Waals surface area contributed by atoms with Gasteiger partial charge in [-0.05, 0) is 115 Å². The third kappa shape index (κ3) is 6.65. The summed E-state index contributed by atoms with van der Waals surface area (Å²) in [6.45, 7) is 0. The van der Waals surface area contributed by atoms with Gasteiger partial charge >= 0.3 is 0 Å². The Bertz CT molecular complexity index is 2830. The molecule has 0 spiro atoms. The molecule has 0 aromatic heterocycles. The minimum absolute atomic E-state index is 0.0847. The molecular formula is C52H37N. The van der Waals surface area contributed by atoms with E-state index in [1.54, 1.807) is 0 Å². The lowest BCUT2D eigenvalue weighted by atomic mass is 9.91. The van der Waals surface area contributed by atoms with Crippen molar-refractivity contribution in [1.82, 2.24) is 0 Å². The van der Waals surface area contributed by atoms with Crippen LogP contribution in [0.25, 0.3) is 66.4 Å². The second-order valence-electron chi connectivity index (χ2n) is 13.1. The van der Waals surface area contributed by atoms with Crippen LogP contribution >= 0.6 is 0 Å². The van der Waals surface area contributed by atoms with E-state index in [1.165, 1.54) is 5.39 Å². The summed E-state index contributed by atoms with van der Waals surface area (Å²) >= 11 is 0. The minimum atomic E-state index is -0.110. The molecule has 1 heteroatoms. The third-order valence-corrected chi connectivity index (χ3v) is 9.75. The molecule has 0 aliphatic rings. The van der Waals surface area contributed by atoms with Crippen molar-refractivity contribution in [1.29, 1.82) is 0 Å². The van der Waals surface area contributed by atoms with E-state index in [0.717, 1.165) is 61.3 Å². The quantitative estimate of drug-likeness (QED) is 0.154. The predicted molar refractivity (Wildman–Crippen MR) is 226 cm³/mol. The largest absolute Gasteiger partial charge is 0.311 e. The molecule has 9 rings (SSSR count). The summed E-state index contributed by atoms with van der Waals surface area (Å²) in [5, 5.41) is 2.34. The first-order valence-electron chi connectivity index (χ1n) is 19.8. The molecule has 0 aliphatic heterocycles. The van der Waals surface area contributed by atoms with Gasteiger partial charge in [0, 0.05) is 17.1 Å². The van der Waals surface area contributed by atoms with Crippen LogP contribution in [0.5, 0.6) is 0 Å². The first-order valence-corrected chi connectivity index (χ1v) is 17.8. The summed E-state index contributed by atoms with van der Waals surface area (Å²) in [7, 11) is 0. The van der Waals surface area contributed by atoms with Crippen LogP contribution in [0.3, 0.4) is 0 Å². The van der Waals surface area contributed by atoms with Crippen molar-refractivity contribution in [2.24, 2.45) is 0 Å². The molecule has 0 radical (unpaired) electrons. The Morgan fingerprint density at radius 2 is 0.698 bits per heavy atom. The van der Waals surface area contributed by atoms with Gasteiger partial charge in [0.25, 0.3) is 0 Å². The van der Waals surface area contributed by atoms with Crippen LogP contribution in [0.4, 0.5) is 17.1 Å². The van der Waals surface area contributed by atoms with Gasteiger partial charge in [-0.25, -0.2) is 0 Å². The molecular weight excluding hydrogens is 639 g/mol. The standard InChI is InChI=1S/C52H37N/c1-4-12-38(13-5-1)40-22-29-48(30-23-40)53(49-31-24-41(25-32-49)46-21-20-39-14-10-11-19-45(39)36-46)50-33-26-42(27-34-50)47-28-35-51(43-15-6-2-7-16-43)52(37-47)44-17-8-3-9-18-44/h1-37H/i22D,23D,29D,30D. The third-order valence-electron chi connectivity index (χ3n) is 9.75. The van der Waals surface area contributed by atoms with Crippen molar-refractivity contribution in [2.75, 3.05) is 4.90 Å². The molecule has 0 atom stereocenters. The van der Waals surface area contributed by atoms with Crippen molar-refractivity contribution in [3.63, 3.8) is 0 Å². The zero-order chi connectivity index (χ0) is 38.9. The monoisotopic (exact) mass is 679 g/mol. The van der Waals surface area contributed by atoms with Crippen molar-refractivity contribution in [3.8, 4) is 55.6 Å². The average molecular weight is 680 g/mol. The molecule has 0 saturated heterocycles. The topological polar surface area (TPSA) is 3.24 Å². The molecule has 250 valence electrons. The lowest BCUT2D eigenvalue weighted by Crippen LogP contribution is -2.09. The summed E-state index contributed by atoms with van der Waals surface area (Å²) in [6, 6.07) is 67.2. The van der Waals surface area contributed by atoms with Crippen LogP contribution in [0.2, 0.25) is 0 Å². The number of hydrogen-bond acceptors (Lipinski definition) is 1. The van der Waals surface area contributed by atoms with Gasteiger partial charge in [-0.15, -0.1) is 0 Å². The molecule has 0 saturated carbocycles. The van der Waals surface area contributed by atoms with Crippen LogP contribution in [-0.4, -0.2) is 0 Å². The Balaban J connectivity index is 1.16. The van der Waals surface area contributed by atoms with Crippen LogP contribution in [0.15, 0.2) is 224 Å². The Morgan fingerprint density at radius 1 is 0.264 bits per heavy atom. The van der Waals surface area contributed by atoms with Crippen LogP contribution < -0.4 is 4.90 Å². The summed E-state index contributed by atoms with van der Waals surface area (Å²) in [4.78, 5) is 1.84. The summed E-state index contributed by atoms with van der Waals surface area (Å²) < 4.78 is 37.0. The maximum atomic E-state index is 9.35. The molecule has 0 bridgehead atoms. The summed E-state index contributed by atoms with van der Waals surface area (Å²) in [5.41, 5.74) is 11.3. The van der Waals surface area contributed by atoms with E-state index in [2.05, 4.69) is 121 Å². The molecule has 0 fully saturated rings. The zero-order valence-corrected chi connectivity index (χ0v) is 29.0. The van der Waals surface area contributed by atoms with E-state index in [-0.39, 0.29) is 35.4 Å². The Hall–Kier alpha value is -6.96. The molecule has 9 aromatic carbocycles. The highest BCUT2D eigenvalue weighted by molar-refractivity contribution is 5.89. The van der Waals surface area contributed by atoms with Crippen LogP contribution in [-0.2, 0) is 0 Å². The minimum Gasteiger partial charge on any atom is -0.311 e. The Kier molecular flexibility index (Phi) is 7.50. The van der Waals surface area contributed by atoms with Crippen molar-refractivity contribution < 1.29 is 5.48 Å². The van der Waals surface area contributed by atoms with Crippen molar-refractivity contribution in [3.05, 3.63) is 224 Å². The van der Waals surface area contributed by atoms with E-state index in [4.69, 9.17) is 2.74 Å². The first-order chi connectivity index (χ1) is 27.9. The number of benzene rings is 9. The van der Waals surface area contributed by atoms with Gasteiger partial charge in [-0.3, -0.25) is 0 Å². The van der Waals surface area contributed by atoms with Gasteiger partial charge in [0.2, 0.25) is 0 Å². The average Bonchev–Trinajstić information content (AvgIpc) is 3.28. The van der Waals surface area contributed by atoms with E-state index in [1.807, 2.05) is 83.8 Å². The first kappa shape index (κ1) is 27.7. The summed E-state index contributed by atoms with van der Waals surface area (Å²) in [6.07, 6.45) is 0.